The summed E-state index contributed by atoms with van der Waals surface area (Å²) in [7, 11) is 0. The number of nitrogens with one attached hydrogen (secondary N) is 1. The van der Waals surface area contributed by atoms with Gasteiger partial charge in [0.25, 0.3) is 5.91 Å². The molecule has 1 saturated heterocycles. The Morgan fingerprint density at radius 2 is 1.87 bits per heavy atom. The van der Waals surface area contributed by atoms with Crippen molar-refractivity contribution >= 4 is 11.9 Å². The number of urea groups is 1. The summed E-state index contributed by atoms with van der Waals surface area (Å²) in [5.74, 6) is 1.36. The Bertz CT molecular complexity index is 987. The smallest absolute Gasteiger partial charge is 0.325 e. The van der Waals surface area contributed by atoms with Crippen LogP contribution in [-0.4, -0.2) is 48.0 Å². The highest BCUT2D eigenvalue weighted by Gasteiger charge is 2.49. The molecule has 2 aliphatic heterocycles. The molecule has 30 heavy (non-hydrogen) atoms. The van der Waals surface area contributed by atoms with E-state index >= 15 is 0 Å². The van der Waals surface area contributed by atoms with Crippen LogP contribution in [0.25, 0.3) is 0 Å². The van der Waals surface area contributed by atoms with Crippen LogP contribution in [0.15, 0.2) is 36.4 Å². The summed E-state index contributed by atoms with van der Waals surface area (Å²) in [5, 5.41) is 13.1. The molecule has 0 unspecified atom stereocenters. The molecule has 3 amide bonds. The normalized spacial score (nSPS) is 21.0. The number of para-hydroxylation sites is 1. The van der Waals surface area contributed by atoms with Crippen molar-refractivity contribution < 1.29 is 28.9 Å². The summed E-state index contributed by atoms with van der Waals surface area (Å²) in [4.78, 5) is 26.6. The number of benzene rings is 2. The molecule has 0 spiro atoms. The zero-order valence-corrected chi connectivity index (χ0v) is 17.1. The number of carbonyl (C=O) groups excluding carboxylic acids is 2. The molecule has 0 aliphatic carbocycles. The van der Waals surface area contributed by atoms with Crippen LogP contribution in [0, 0.1) is 13.8 Å². The molecule has 2 atom stereocenters. The molecular weight excluding hydrogens is 388 g/mol. The number of aliphatic hydroxyl groups is 1. The average molecular weight is 412 g/mol. The van der Waals surface area contributed by atoms with E-state index in [2.05, 4.69) is 5.32 Å². The Morgan fingerprint density at radius 3 is 2.60 bits per heavy atom. The van der Waals surface area contributed by atoms with Crippen LogP contribution in [-0.2, 0) is 10.3 Å². The molecule has 158 valence electrons. The predicted molar refractivity (Wildman–Crippen MR) is 108 cm³/mol. The van der Waals surface area contributed by atoms with Crippen molar-refractivity contribution in [3.8, 4) is 17.2 Å². The van der Waals surface area contributed by atoms with Crippen molar-refractivity contribution in [2.75, 3.05) is 19.9 Å². The van der Waals surface area contributed by atoms with E-state index in [1.807, 2.05) is 32.0 Å². The first kappa shape index (κ1) is 20.0. The largest absolute Gasteiger partial charge is 0.490 e. The van der Waals surface area contributed by atoms with E-state index < -0.39 is 23.6 Å². The molecule has 4 rings (SSSR count). The molecule has 8 nitrogen and oxygen atoms in total. The molecule has 2 aromatic carbocycles. The molecule has 2 aliphatic rings. The maximum atomic E-state index is 13.1. The van der Waals surface area contributed by atoms with E-state index in [1.165, 1.54) is 0 Å². The van der Waals surface area contributed by atoms with Gasteiger partial charge in [0.05, 0.1) is 6.54 Å². The number of aryl methyl sites for hydroxylation is 2. The number of aliphatic hydroxyl groups excluding tert-OH is 1. The van der Waals surface area contributed by atoms with Gasteiger partial charge in [0.2, 0.25) is 6.79 Å². The Balaban J connectivity index is 1.45. The fourth-order valence-corrected chi connectivity index (χ4v) is 3.74. The summed E-state index contributed by atoms with van der Waals surface area (Å²) in [6, 6.07) is 10.3. The molecule has 0 aromatic heterocycles. The first-order valence-electron chi connectivity index (χ1n) is 9.71. The monoisotopic (exact) mass is 412 g/mol. The second kappa shape index (κ2) is 7.53. The van der Waals surface area contributed by atoms with Gasteiger partial charge in [-0.15, -0.1) is 0 Å². The number of amides is 3. The van der Waals surface area contributed by atoms with Crippen LogP contribution in [0.4, 0.5) is 4.79 Å². The molecular formula is C22H24N2O6. The molecule has 1 fully saturated rings. The maximum Gasteiger partial charge on any atom is 0.325 e. The molecule has 8 heteroatoms. The second-order valence-corrected chi connectivity index (χ2v) is 7.72. The fourth-order valence-electron chi connectivity index (χ4n) is 3.74. The van der Waals surface area contributed by atoms with E-state index in [-0.39, 0.29) is 19.9 Å². The lowest BCUT2D eigenvalue weighted by atomic mass is 9.91. The summed E-state index contributed by atoms with van der Waals surface area (Å²) in [6.07, 6.45) is -1.03. The van der Waals surface area contributed by atoms with Crippen molar-refractivity contribution in [2.45, 2.75) is 32.4 Å². The SMILES string of the molecule is Cc1cccc(C)c1OC[C@@H](O)CN1C(=O)N[C@](C)(c2ccc3c(c2)OCO3)C1=O. The van der Waals surface area contributed by atoms with Gasteiger partial charge < -0.3 is 24.6 Å². The van der Waals surface area contributed by atoms with Crippen molar-refractivity contribution in [2.24, 2.45) is 0 Å². The van der Waals surface area contributed by atoms with Crippen LogP contribution in [0.1, 0.15) is 23.6 Å². The van der Waals surface area contributed by atoms with Crippen molar-refractivity contribution in [3.05, 3.63) is 53.1 Å². The standard InChI is InChI=1S/C22H24N2O6/c1-13-5-4-6-14(2)19(13)28-11-16(25)10-24-20(26)22(3,23-21(24)27)15-7-8-17-18(9-15)30-12-29-17/h4-9,16,25H,10-12H2,1-3H3,(H,23,27)/t16-,22+/m0/s1. The predicted octanol–water partition coefficient (Wildman–Crippen LogP) is 2.24. The highest BCUT2D eigenvalue weighted by atomic mass is 16.7. The van der Waals surface area contributed by atoms with E-state index in [4.69, 9.17) is 14.2 Å². The average Bonchev–Trinajstić information content (AvgIpc) is 3.26. The number of imide groups is 1. The lowest BCUT2D eigenvalue weighted by molar-refractivity contribution is -0.132. The number of β-amino-alcohol motifs (C(OH)–C–C–N with tert-alkyl or cyclic N) is 1. The Hall–Kier alpha value is -3.26. The number of hydrogen-bond acceptors (Lipinski definition) is 6. The van der Waals surface area contributed by atoms with Gasteiger partial charge in [-0.05, 0) is 49.6 Å². The zero-order chi connectivity index (χ0) is 21.5. The van der Waals surface area contributed by atoms with Gasteiger partial charge in [0.1, 0.15) is 24.0 Å². The van der Waals surface area contributed by atoms with Crippen molar-refractivity contribution in [1.29, 1.82) is 0 Å². The van der Waals surface area contributed by atoms with E-state index in [1.54, 1.807) is 25.1 Å². The molecule has 2 N–H and O–H groups in total. The summed E-state index contributed by atoms with van der Waals surface area (Å²) in [5.41, 5.74) is 1.22. The van der Waals surface area contributed by atoms with E-state index in [9.17, 15) is 14.7 Å². The third-order valence-electron chi connectivity index (χ3n) is 5.45. The first-order valence-corrected chi connectivity index (χ1v) is 9.71. The second-order valence-electron chi connectivity index (χ2n) is 7.72. The van der Waals surface area contributed by atoms with E-state index in [0.717, 1.165) is 16.0 Å². The molecule has 0 saturated carbocycles. The van der Waals surface area contributed by atoms with Gasteiger partial charge in [-0.1, -0.05) is 24.3 Å². The lowest BCUT2D eigenvalue weighted by Crippen LogP contribution is -2.42. The minimum absolute atomic E-state index is 0.0382. The number of hydrogen-bond donors (Lipinski definition) is 2. The molecule has 2 heterocycles. The summed E-state index contributed by atoms with van der Waals surface area (Å²) >= 11 is 0. The minimum atomic E-state index is -1.26. The van der Waals surface area contributed by atoms with E-state index in [0.29, 0.717) is 22.8 Å². The van der Waals surface area contributed by atoms with Gasteiger partial charge in [-0.3, -0.25) is 9.69 Å². The van der Waals surface area contributed by atoms with Crippen LogP contribution >= 0.6 is 0 Å². The molecule has 0 bridgehead atoms. The lowest BCUT2D eigenvalue weighted by Gasteiger charge is -2.23. The van der Waals surface area contributed by atoms with Gasteiger partial charge >= 0.3 is 6.03 Å². The quantitative estimate of drug-likeness (QED) is 0.707. The van der Waals surface area contributed by atoms with Crippen LogP contribution in [0.2, 0.25) is 0 Å². The maximum absolute atomic E-state index is 13.1. The topological polar surface area (TPSA) is 97.3 Å². The van der Waals surface area contributed by atoms with Crippen molar-refractivity contribution in [1.82, 2.24) is 10.2 Å². The first-order chi connectivity index (χ1) is 14.3. The van der Waals surface area contributed by atoms with Gasteiger partial charge in [0, 0.05) is 0 Å². The fraction of sp³-hybridized carbons (Fsp3) is 0.364. The third-order valence-corrected chi connectivity index (χ3v) is 5.45. The summed E-state index contributed by atoms with van der Waals surface area (Å²) in [6.45, 7) is 5.38. The number of ether oxygens (including phenoxy) is 3. The molecule has 2 aromatic rings. The third kappa shape index (κ3) is 3.43. The van der Waals surface area contributed by atoms with Gasteiger partial charge in [0.15, 0.2) is 11.5 Å². The van der Waals surface area contributed by atoms with Gasteiger partial charge in [-0.25, -0.2) is 4.79 Å². The Morgan fingerprint density at radius 1 is 1.17 bits per heavy atom. The highest BCUT2D eigenvalue weighted by molar-refractivity contribution is 6.07. The zero-order valence-electron chi connectivity index (χ0n) is 17.1. The number of fused-ring (bicyclic) bond motifs is 1. The number of carbonyl (C=O) groups is 2. The summed E-state index contributed by atoms with van der Waals surface area (Å²) < 4.78 is 16.4. The minimum Gasteiger partial charge on any atom is -0.490 e. The van der Waals surface area contributed by atoms with Crippen LogP contribution in [0.3, 0.4) is 0 Å². The number of rotatable bonds is 6. The Kier molecular flexibility index (Phi) is 5.03. The van der Waals surface area contributed by atoms with Crippen LogP contribution in [0.5, 0.6) is 17.2 Å². The highest BCUT2D eigenvalue weighted by Crippen LogP contribution is 2.37. The van der Waals surface area contributed by atoms with Crippen LogP contribution < -0.4 is 19.5 Å². The Labute approximate surface area is 174 Å². The molecule has 0 radical (unpaired) electrons. The number of nitrogens with zero attached hydrogens (tertiary/aromatic N) is 1. The van der Waals surface area contributed by atoms with Gasteiger partial charge in [-0.2, -0.15) is 0 Å². The van der Waals surface area contributed by atoms with Crippen molar-refractivity contribution in [3.63, 3.8) is 0 Å².